The molecule has 1 fully saturated rings. The first kappa shape index (κ1) is 29.7. The molecule has 44 heavy (non-hydrogen) atoms. The number of unbranched alkanes of at least 4 members (excludes halogenated alkanes) is 1. The Hall–Kier alpha value is -4.37. The maximum atomic E-state index is 13.7. The van der Waals surface area contributed by atoms with E-state index >= 15 is 0 Å². The first-order valence-corrected chi connectivity index (χ1v) is 15.1. The molecule has 1 saturated heterocycles. The van der Waals surface area contributed by atoms with Gasteiger partial charge in [0.25, 0.3) is 0 Å². The molecule has 1 aliphatic carbocycles. The zero-order chi connectivity index (χ0) is 30.6. The van der Waals surface area contributed by atoms with Crippen molar-refractivity contribution in [2.24, 2.45) is 0 Å². The van der Waals surface area contributed by atoms with Crippen LogP contribution in [0.1, 0.15) is 30.4 Å². The van der Waals surface area contributed by atoms with E-state index in [1.54, 1.807) is 0 Å². The number of fused-ring (bicyclic) bond motifs is 3. The Morgan fingerprint density at radius 2 is 1.43 bits per heavy atom. The standard InChI is InChI=1S/C35H35F3N4O2/c36-35(37,38)25-39-33(43)34(29-15-6-4-13-27(29)28-14-5-7-16-30(28)34)19-8-9-20-41-21-23-42(24-22-41)31-17-10-18-32(40-31)44-26-11-2-1-3-12-26/h1-7,10-18H,8-9,19-25H2,(H,39,43). The van der Waals surface area contributed by atoms with Crippen molar-refractivity contribution in [3.63, 3.8) is 0 Å². The minimum atomic E-state index is -4.48. The number of halogens is 3. The van der Waals surface area contributed by atoms with Crippen molar-refractivity contribution >= 4 is 11.7 Å². The van der Waals surface area contributed by atoms with Crippen LogP contribution in [-0.4, -0.2) is 61.2 Å². The second kappa shape index (κ2) is 12.7. The lowest BCUT2D eigenvalue weighted by Crippen LogP contribution is -2.48. The number of benzene rings is 3. The minimum absolute atomic E-state index is 0.433. The fraction of sp³-hybridized carbons (Fsp3) is 0.314. The van der Waals surface area contributed by atoms with E-state index in [1.165, 1.54) is 0 Å². The van der Waals surface area contributed by atoms with Gasteiger partial charge in [-0.1, -0.05) is 79.2 Å². The smallest absolute Gasteiger partial charge is 0.405 e. The highest BCUT2D eigenvalue weighted by atomic mass is 19.4. The summed E-state index contributed by atoms with van der Waals surface area (Å²) in [6.45, 7) is 2.89. The predicted molar refractivity (Wildman–Crippen MR) is 165 cm³/mol. The number of rotatable bonds is 10. The minimum Gasteiger partial charge on any atom is -0.439 e. The average Bonchev–Trinajstić information content (AvgIpc) is 3.33. The van der Waals surface area contributed by atoms with Crippen molar-refractivity contribution in [3.8, 4) is 22.8 Å². The molecular formula is C35H35F3N4O2. The number of carbonyl (C=O) groups excluding carboxylic acids is 1. The highest BCUT2D eigenvalue weighted by Crippen LogP contribution is 2.51. The highest BCUT2D eigenvalue weighted by Gasteiger charge is 2.49. The number of nitrogens with zero attached hydrogens (tertiary/aromatic N) is 3. The third kappa shape index (κ3) is 6.28. The van der Waals surface area contributed by atoms with Crippen LogP contribution in [0.4, 0.5) is 19.0 Å². The summed E-state index contributed by atoms with van der Waals surface area (Å²) in [5.41, 5.74) is 2.22. The maximum absolute atomic E-state index is 13.7. The van der Waals surface area contributed by atoms with Gasteiger partial charge in [0, 0.05) is 32.2 Å². The van der Waals surface area contributed by atoms with Crippen LogP contribution >= 0.6 is 0 Å². The molecule has 0 bridgehead atoms. The van der Waals surface area contributed by atoms with E-state index in [0.29, 0.717) is 18.7 Å². The molecule has 1 aliphatic heterocycles. The van der Waals surface area contributed by atoms with Crippen LogP contribution in [0, 0.1) is 0 Å². The fourth-order valence-corrected chi connectivity index (χ4v) is 6.46. The van der Waals surface area contributed by atoms with Crippen LogP contribution in [0.2, 0.25) is 0 Å². The van der Waals surface area contributed by atoms with Crippen LogP contribution in [0.3, 0.4) is 0 Å². The Labute approximate surface area is 255 Å². The highest BCUT2D eigenvalue weighted by molar-refractivity contribution is 6.00. The van der Waals surface area contributed by atoms with Gasteiger partial charge in [0.1, 0.15) is 23.5 Å². The number of nitrogens with one attached hydrogen (secondary N) is 1. The van der Waals surface area contributed by atoms with E-state index in [2.05, 4.69) is 15.1 Å². The molecule has 1 aromatic heterocycles. The molecule has 0 radical (unpaired) electrons. The zero-order valence-corrected chi connectivity index (χ0v) is 24.4. The molecule has 0 atom stereocenters. The molecule has 2 heterocycles. The second-order valence-corrected chi connectivity index (χ2v) is 11.3. The first-order chi connectivity index (χ1) is 21.3. The molecule has 228 valence electrons. The largest absolute Gasteiger partial charge is 0.439 e. The van der Waals surface area contributed by atoms with Crippen LogP contribution in [0.25, 0.3) is 11.1 Å². The lowest BCUT2D eigenvalue weighted by Gasteiger charge is -2.36. The summed E-state index contributed by atoms with van der Waals surface area (Å²) in [6.07, 6.45) is -2.52. The van der Waals surface area contributed by atoms with E-state index < -0.39 is 24.0 Å². The normalized spacial score (nSPS) is 15.8. The molecule has 6 rings (SSSR count). The van der Waals surface area contributed by atoms with E-state index in [-0.39, 0.29) is 0 Å². The van der Waals surface area contributed by atoms with Gasteiger partial charge in [-0.05, 0) is 59.8 Å². The number of alkyl halides is 3. The van der Waals surface area contributed by atoms with Crippen molar-refractivity contribution in [2.45, 2.75) is 30.9 Å². The number of hydrogen-bond acceptors (Lipinski definition) is 5. The van der Waals surface area contributed by atoms with Crippen molar-refractivity contribution in [1.82, 2.24) is 15.2 Å². The monoisotopic (exact) mass is 600 g/mol. The SMILES string of the molecule is O=C(NCC(F)(F)F)C1(CCCCN2CCN(c3cccc(Oc4ccccc4)n3)CC2)c2ccccc2-c2ccccc21. The number of hydrogen-bond donors (Lipinski definition) is 1. The molecule has 1 N–H and O–H groups in total. The number of aromatic nitrogens is 1. The average molecular weight is 601 g/mol. The Bertz CT molecular complexity index is 1540. The molecular weight excluding hydrogens is 565 g/mol. The number of ether oxygens (including phenoxy) is 1. The van der Waals surface area contributed by atoms with Gasteiger partial charge in [-0.2, -0.15) is 18.2 Å². The Morgan fingerprint density at radius 1 is 0.795 bits per heavy atom. The second-order valence-electron chi connectivity index (χ2n) is 11.3. The number of piperazine rings is 1. The summed E-state index contributed by atoms with van der Waals surface area (Å²) in [5.74, 6) is 1.58. The fourth-order valence-electron chi connectivity index (χ4n) is 6.46. The van der Waals surface area contributed by atoms with Crippen molar-refractivity contribution in [1.29, 1.82) is 0 Å². The number of carbonyl (C=O) groups is 1. The molecule has 1 amide bonds. The summed E-state index contributed by atoms with van der Waals surface area (Å²) in [7, 11) is 0. The first-order valence-electron chi connectivity index (χ1n) is 15.1. The summed E-state index contributed by atoms with van der Waals surface area (Å²) in [6, 6.07) is 30.6. The molecule has 0 saturated carbocycles. The third-order valence-corrected chi connectivity index (χ3v) is 8.55. The number of anilines is 1. The third-order valence-electron chi connectivity index (χ3n) is 8.55. The van der Waals surface area contributed by atoms with Crippen LogP contribution in [0.15, 0.2) is 97.1 Å². The molecule has 6 nitrogen and oxygen atoms in total. The Morgan fingerprint density at radius 3 is 2.09 bits per heavy atom. The summed E-state index contributed by atoms with van der Waals surface area (Å²) in [4.78, 5) is 23.0. The van der Waals surface area contributed by atoms with Gasteiger partial charge < -0.3 is 15.0 Å². The van der Waals surface area contributed by atoms with Gasteiger partial charge >= 0.3 is 6.18 Å². The van der Waals surface area contributed by atoms with Gasteiger partial charge in [-0.15, -0.1) is 0 Å². The van der Waals surface area contributed by atoms with E-state index in [9.17, 15) is 18.0 Å². The van der Waals surface area contributed by atoms with Gasteiger partial charge in [-0.25, -0.2) is 0 Å². The number of para-hydroxylation sites is 1. The van der Waals surface area contributed by atoms with Crippen molar-refractivity contribution in [3.05, 3.63) is 108 Å². The number of amides is 1. The van der Waals surface area contributed by atoms with Crippen molar-refractivity contribution in [2.75, 3.05) is 44.2 Å². The molecule has 0 unspecified atom stereocenters. The van der Waals surface area contributed by atoms with E-state index in [4.69, 9.17) is 9.72 Å². The summed E-state index contributed by atoms with van der Waals surface area (Å²) in [5, 5.41) is 2.22. The topological polar surface area (TPSA) is 57.7 Å². The molecule has 4 aromatic rings. The van der Waals surface area contributed by atoms with Crippen LogP contribution < -0.4 is 15.0 Å². The Balaban J connectivity index is 1.08. The Kier molecular flexibility index (Phi) is 8.57. The predicted octanol–water partition coefficient (Wildman–Crippen LogP) is 6.81. The van der Waals surface area contributed by atoms with Crippen molar-refractivity contribution < 1.29 is 22.7 Å². The van der Waals surface area contributed by atoms with E-state index in [1.807, 2.05) is 97.1 Å². The van der Waals surface area contributed by atoms with Gasteiger partial charge in [0.15, 0.2) is 0 Å². The van der Waals surface area contributed by atoms with Gasteiger partial charge in [-0.3, -0.25) is 9.69 Å². The number of pyridine rings is 1. The lowest BCUT2D eigenvalue weighted by molar-refractivity contribution is -0.141. The molecule has 3 aromatic carbocycles. The molecule has 2 aliphatic rings. The quantitative estimate of drug-likeness (QED) is 0.203. The van der Waals surface area contributed by atoms with E-state index in [0.717, 1.165) is 73.0 Å². The van der Waals surface area contributed by atoms with Crippen LogP contribution in [0.5, 0.6) is 11.6 Å². The summed E-state index contributed by atoms with van der Waals surface area (Å²) >= 11 is 0. The maximum Gasteiger partial charge on any atom is 0.405 e. The van der Waals surface area contributed by atoms with Crippen LogP contribution in [-0.2, 0) is 10.2 Å². The summed E-state index contributed by atoms with van der Waals surface area (Å²) < 4.78 is 45.3. The van der Waals surface area contributed by atoms with Gasteiger partial charge in [0.05, 0.1) is 0 Å². The lowest BCUT2D eigenvalue weighted by atomic mass is 9.73. The van der Waals surface area contributed by atoms with Gasteiger partial charge in [0.2, 0.25) is 11.8 Å². The zero-order valence-electron chi connectivity index (χ0n) is 24.4. The molecule has 9 heteroatoms. The molecule has 0 spiro atoms.